The molecule has 1 aromatic carbocycles. The summed E-state index contributed by atoms with van der Waals surface area (Å²) in [5.74, 6) is -0.166. The summed E-state index contributed by atoms with van der Waals surface area (Å²) >= 11 is 3.30. The fourth-order valence-electron chi connectivity index (χ4n) is 3.06. The Kier molecular flexibility index (Phi) is 6.21. The minimum absolute atomic E-state index is 0.0999. The monoisotopic (exact) mass is 391 g/mol. The molecule has 2 N–H and O–H groups in total. The summed E-state index contributed by atoms with van der Waals surface area (Å²) in [6.07, 6.45) is 1.30. The summed E-state index contributed by atoms with van der Waals surface area (Å²) in [5, 5.41) is 14.2. The van der Waals surface area contributed by atoms with E-state index >= 15 is 0 Å². The van der Waals surface area contributed by atoms with Gasteiger partial charge in [-0.25, -0.2) is 0 Å². The van der Waals surface area contributed by atoms with E-state index in [-0.39, 0.29) is 17.7 Å². The molecule has 26 heavy (non-hydrogen) atoms. The van der Waals surface area contributed by atoms with Gasteiger partial charge in [0.2, 0.25) is 5.91 Å². The molecule has 5 nitrogen and oxygen atoms in total. The third kappa shape index (κ3) is 4.22. The number of carboxylic acids is 1. The van der Waals surface area contributed by atoms with Crippen molar-refractivity contribution >= 4 is 35.0 Å². The fourth-order valence-corrected chi connectivity index (χ4v) is 5.38. The molecule has 0 radical (unpaired) electrons. The summed E-state index contributed by atoms with van der Waals surface area (Å²) in [6.45, 7) is 0.0999. The standard InChI is InChI=1S/C19H21NO4S2/c1-24-15-5-3-2-4-12(15)10-13(19(22)23)11-20-18(21)17-14-6-8-25-16(14)7-9-26-17/h2-6,8,13,17H,7,9-11H2,1H3,(H,20,21)(H,22,23). The van der Waals surface area contributed by atoms with Crippen LogP contribution in [0.15, 0.2) is 35.7 Å². The summed E-state index contributed by atoms with van der Waals surface area (Å²) in [6, 6.07) is 9.36. The van der Waals surface area contributed by atoms with Gasteiger partial charge in [0.25, 0.3) is 0 Å². The summed E-state index contributed by atoms with van der Waals surface area (Å²) < 4.78 is 5.29. The van der Waals surface area contributed by atoms with Crippen LogP contribution >= 0.6 is 23.1 Å². The second-order valence-corrected chi connectivity index (χ2v) is 8.31. The minimum atomic E-state index is -0.927. The first kappa shape index (κ1) is 18.8. The van der Waals surface area contributed by atoms with Gasteiger partial charge in [0, 0.05) is 11.4 Å². The smallest absolute Gasteiger partial charge is 0.308 e. The number of methoxy groups -OCH3 is 1. The number of carboxylic acid groups (broad SMARTS) is 1. The lowest BCUT2D eigenvalue weighted by atomic mass is 9.98. The molecule has 1 aromatic heterocycles. The van der Waals surface area contributed by atoms with E-state index < -0.39 is 11.9 Å². The van der Waals surface area contributed by atoms with Crippen molar-refractivity contribution in [2.24, 2.45) is 5.92 Å². The molecule has 1 aliphatic heterocycles. The quantitative estimate of drug-likeness (QED) is 0.758. The predicted molar refractivity (Wildman–Crippen MR) is 104 cm³/mol. The van der Waals surface area contributed by atoms with Crippen LogP contribution in [0.5, 0.6) is 5.75 Å². The maximum Gasteiger partial charge on any atom is 0.308 e. The topological polar surface area (TPSA) is 75.6 Å². The molecule has 7 heteroatoms. The third-order valence-electron chi connectivity index (χ3n) is 4.44. The van der Waals surface area contributed by atoms with Crippen molar-refractivity contribution in [3.05, 3.63) is 51.7 Å². The van der Waals surface area contributed by atoms with Gasteiger partial charge >= 0.3 is 5.97 Å². The number of hydrogen-bond acceptors (Lipinski definition) is 5. The van der Waals surface area contributed by atoms with Crippen molar-refractivity contribution in [2.45, 2.75) is 18.1 Å². The first-order valence-electron chi connectivity index (χ1n) is 8.40. The predicted octanol–water partition coefficient (Wildman–Crippen LogP) is 3.15. The lowest BCUT2D eigenvalue weighted by Crippen LogP contribution is -2.36. The number of rotatable bonds is 7. The number of hydrogen-bond donors (Lipinski definition) is 2. The van der Waals surface area contributed by atoms with Crippen LogP contribution in [0, 0.1) is 5.92 Å². The number of aliphatic carboxylic acids is 1. The summed E-state index contributed by atoms with van der Waals surface area (Å²) in [4.78, 5) is 25.5. The van der Waals surface area contributed by atoms with Crippen molar-refractivity contribution in [1.29, 1.82) is 0 Å². The number of aryl methyl sites for hydroxylation is 1. The maximum atomic E-state index is 12.6. The van der Waals surface area contributed by atoms with Crippen LogP contribution in [0.3, 0.4) is 0 Å². The molecule has 0 aliphatic carbocycles. The van der Waals surface area contributed by atoms with Crippen molar-refractivity contribution in [2.75, 3.05) is 19.4 Å². The Morgan fingerprint density at radius 1 is 1.35 bits per heavy atom. The van der Waals surface area contributed by atoms with Crippen molar-refractivity contribution in [3.63, 3.8) is 0 Å². The Morgan fingerprint density at radius 2 is 2.15 bits per heavy atom. The molecule has 0 bridgehead atoms. The van der Waals surface area contributed by atoms with Crippen molar-refractivity contribution in [1.82, 2.24) is 5.32 Å². The summed E-state index contributed by atoms with van der Waals surface area (Å²) in [5.41, 5.74) is 1.89. The van der Waals surface area contributed by atoms with Crippen LogP contribution in [0.25, 0.3) is 0 Å². The fraction of sp³-hybridized carbons (Fsp3) is 0.368. The van der Waals surface area contributed by atoms with Crippen LogP contribution in [-0.4, -0.2) is 36.4 Å². The van der Waals surface area contributed by atoms with E-state index in [1.807, 2.05) is 35.7 Å². The van der Waals surface area contributed by atoms with Gasteiger partial charge in [0.1, 0.15) is 11.0 Å². The number of thioether (sulfide) groups is 1. The molecule has 3 rings (SSSR count). The highest BCUT2D eigenvalue weighted by Gasteiger charge is 2.29. The van der Waals surface area contributed by atoms with Crippen LogP contribution in [0.4, 0.5) is 0 Å². The molecule has 2 atom stereocenters. The van der Waals surface area contributed by atoms with Crippen LogP contribution in [0.1, 0.15) is 21.3 Å². The first-order valence-corrected chi connectivity index (χ1v) is 10.3. The molecule has 138 valence electrons. The van der Waals surface area contributed by atoms with Crippen LogP contribution < -0.4 is 10.1 Å². The lowest BCUT2D eigenvalue weighted by Gasteiger charge is -2.22. The molecule has 2 heterocycles. The number of nitrogens with one attached hydrogen (secondary N) is 1. The number of benzene rings is 1. The number of ether oxygens (including phenoxy) is 1. The number of para-hydroxylation sites is 1. The van der Waals surface area contributed by atoms with Crippen LogP contribution in [-0.2, 0) is 22.4 Å². The zero-order chi connectivity index (χ0) is 18.5. The Bertz CT molecular complexity index is 789. The molecule has 0 saturated carbocycles. The first-order chi connectivity index (χ1) is 12.6. The SMILES string of the molecule is COc1ccccc1CC(CNC(=O)C1SCCc2sccc21)C(=O)O. The Labute approximate surface area is 160 Å². The van der Waals surface area contributed by atoms with Gasteiger partial charge in [-0.2, -0.15) is 0 Å². The highest BCUT2D eigenvalue weighted by Crippen LogP contribution is 2.39. The van der Waals surface area contributed by atoms with E-state index in [0.29, 0.717) is 12.2 Å². The van der Waals surface area contributed by atoms with Gasteiger partial charge in [0.05, 0.1) is 13.0 Å². The number of amides is 1. The zero-order valence-corrected chi connectivity index (χ0v) is 16.1. The van der Waals surface area contributed by atoms with E-state index in [2.05, 4.69) is 5.32 Å². The number of thiophene rings is 1. The molecule has 0 fully saturated rings. The molecule has 2 unspecified atom stereocenters. The van der Waals surface area contributed by atoms with Crippen molar-refractivity contribution in [3.8, 4) is 5.75 Å². The number of carbonyl (C=O) groups excluding carboxylic acids is 1. The molecule has 0 saturated heterocycles. The van der Waals surface area contributed by atoms with Gasteiger partial charge in [-0.3, -0.25) is 9.59 Å². The van der Waals surface area contributed by atoms with Gasteiger partial charge in [-0.05, 0) is 47.2 Å². The Morgan fingerprint density at radius 3 is 2.92 bits per heavy atom. The van der Waals surface area contributed by atoms with E-state index in [0.717, 1.165) is 23.3 Å². The molecular weight excluding hydrogens is 370 g/mol. The number of fused-ring (bicyclic) bond motifs is 1. The van der Waals surface area contributed by atoms with E-state index in [9.17, 15) is 14.7 Å². The van der Waals surface area contributed by atoms with E-state index in [1.54, 1.807) is 30.2 Å². The van der Waals surface area contributed by atoms with Crippen molar-refractivity contribution < 1.29 is 19.4 Å². The van der Waals surface area contributed by atoms with Crippen LogP contribution in [0.2, 0.25) is 0 Å². The second-order valence-electron chi connectivity index (χ2n) is 6.10. The highest BCUT2D eigenvalue weighted by atomic mass is 32.2. The van der Waals surface area contributed by atoms with E-state index in [1.165, 1.54) is 4.88 Å². The summed E-state index contributed by atoms with van der Waals surface area (Å²) in [7, 11) is 1.56. The average Bonchev–Trinajstić information content (AvgIpc) is 3.13. The zero-order valence-electron chi connectivity index (χ0n) is 14.4. The van der Waals surface area contributed by atoms with Gasteiger partial charge in [-0.1, -0.05) is 18.2 Å². The average molecular weight is 392 g/mol. The Hall–Kier alpha value is -1.99. The molecule has 1 amide bonds. The third-order valence-corrected chi connectivity index (χ3v) is 6.68. The van der Waals surface area contributed by atoms with Gasteiger partial charge < -0.3 is 15.2 Å². The lowest BCUT2D eigenvalue weighted by molar-refractivity contribution is -0.141. The number of carbonyl (C=O) groups is 2. The minimum Gasteiger partial charge on any atom is -0.496 e. The normalized spacial score (nSPS) is 17.2. The Balaban J connectivity index is 1.64. The second kappa shape index (κ2) is 8.60. The largest absolute Gasteiger partial charge is 0.496 e. The highest BCUT2D eigenvalue weighted by molar-refractivity contribution is 8.00. The molecule has 2 aromatic rings. The molecule has 1 aliphatic rings. The van der Waals surface area contributed by atoms with E-state index in [4.69, 9.17) is 4.74 Å². The molecule has 0 spiro atoms. The molecular formula is C19H21NO4S2. The van der Waals surface area contributed by atoms with Gasteiger partial charge in [-0.15, -0.1) is 23.1 Å². The maximum absolute atomic E-state index is 12.6. The van der Waals surface area contributed by atoms with Gasteiger partial charge in [0.15, 0.2) is 0 Å².